The topological polar surface area (TPSA) is 172 Å². The summed E-state index contributed by atoms with van der Waals surface area (Å²) < 4.78 is 6.04. The van der Waals surface area contributed by atoms with Crippen molar-refractivity contribution in [2.24, 2.45) is 0 Å². The second-order valence-electron chi connectivity index (χ2n) is 7.12. The Morgan fingerprint density at radius 1 is 1.03 bits per heavy atom. The van der Waals surface area contributed by atoms with Gasteiger partial charge in [0.2, 0.25) is 0 Å². The van der Waals surface area contributed by atoms with Crippen LogP contribution in [0.25, 0.3) is 11.1 Å². The lowest BCUT2D eigenvalue weighted by Crippen LogP contribution is -2.30. The maximum absolute atomic E-state index is 12.3. The highest BCUT2D eigenvalue weighted by atomic mass is 79.9. The molecule has 0 aliphatic rings. The predicted octanol–water partition coefficient (Wildman–Crippen LogP) is 2.52. The van der Waals surface area contributed by atoms with Gasteiger partial charge in [0.1, 0.15) is 22.7 Å². The number of benzene rings is 2. The van der Waals surface area contributed by atoms with Gasteiger partial charge in [-0.3, -0.25) is 9.59 Å². The number of nitrogen functional groups attached to an aromatic ring is 1. The van der Waals surface area contributed by atoms with E-state index in [4.69, 9.17) is 10.5 Å². The minimum atomic E-state index is -1.65. The van der Waals surface area contributed by atoms with Crippen LogP contribution in [0.1, 0.15) is 26.3 Å². The molecule has 3 aromatic rings. The number of hydrogen-bond acceptors (Lipinski definition) is 6. The zero-order valence-corrected chi connectivity index (χ0v) is 19.2. The molecule has 0 bridgehead atoms. The normalized spacial score (nSPS) is 10.5. The maximum Gasteiger partial charge on any atom is 0.342 e. The number of nitrogens with two attached hydrogens (primary N) is 1. The van der Waals surface area contributed by atoms with Crippen molar-refractivity contribution in [3.63, 3.8) is 0 Å². The number of aromatic nitrogens is 1. The standard InChI is InChI=1S/C23H20BrN3O7/c24-13-6-7-15(34-11-16(28)26-9-8-12-4-2-1-3-5-12)14(10-13)17-18(22(30)31)20(25)27-21(29)19(17)23(32)33/h1-7,10H,8-9,11H2,(H,26,28)(H,30,31)(H,32,33)(H3,25,27,29). The van der Waals surface area contributed by atoms with E-state index in [1.54, 1.807) is 6.07 Å². The number of aromatic amines is 1. The molecule has 0 radical (unpaired) electrons. The number of pyridine rings is 1. The number of rotatable bonds is 9. The molecule has 11 heteroatoms. The molecule has 0 saturated heterocycles. The lowest BCUT2D eigenvalue weighted by atomic mass is 9.94. The Hall–Kier alpha value is -4.12. The van der Waals surface area contributed by atoms with E-state index in [1.165, 1.54) is 12.1 Å². The number of amides is 1. The van der Waals surface area contributed by atoms with Crippen LogP contribution in [0, 0.1) is 0 Å². The van der Waals surface area contributed by atoms with Crippen molar-refractivity contribution < 1.29 is 29.3 Å². The molecule has 0 aliphatic carbocycles. The number of carbonyl (C=O) groups is 3. The second kappa shape index (κ2) is 10.7. The molecule has 0 saturated carbocycles. The zero-order valence-electron chi connectivity index (χ0n) is 17.6. The smallest absolute Gasteiger partial charge is 0.342 e. The van der Waals surface area contributed by atoms with Gasteiger partial charge in [-0.2, -0.15) is 0 Å². The van der Waals surface area contributed by atoms with E-state index in [9.17, 15) is 29.4 Å². The third-order valence-corrected chi connectivity index (χ3v) is 5.31. The summed E-state index contributed by atoms with van der Waals surface area (Å²) in [4.78, 5) is 50.4. The highest BCUT2D eigenvalue weighted by molar-refractivity contribution is 9.10. The summed E-state index contributed by atoms with van der Waals surface area (Å²) in [5, 5.41) is 22.0. The monoisotopic (exact) mass is 529 g/mol. The van der Waals surface area contributed by atoms with Crippen LogP contribution in [-0.2, 0) is 11.2 Å². The third-order valence-electron chi connectivity index (χ3n) is 4.82. The molecule has 0 aliphatic heterocycles. The summed E-state index contributed by atoms with van der Waals surface area (Å²) in [6.07, 6.45) is 0.617. The lowest BCUT2D eigenvalue weighted by Gasteiger charge is -2.16. The third kappa shape index (κ3) is 5.62. The molecule has 1 aromatic heterocycles. The Kier molecular flexibility index (Phi) is 7.69. The molecule has 0 atom stereocenters. The fraction of sp³-hybridized carbons (Fsp3) is 0.130. The minimum Gasteiger partial charge on any atom is -0.483 e. The largest absolute Gasteiger partial charge is 0.483 e. The van der Waals surface area contributed by atoms with Gasteiger partial charge in [-0.15, -0.1) is 0 Å². The number of carboxylic acid groups (broad SMARTS) is 2. The SMILES string of the molecule is Nc1[nH]c(=O)c(C(=O)O)c(-c2cc(Br)ccc2OCC(=O)NCCc2ccccc2)c1C(=O)O. The molecule has 6 N–H and O–H groups in total. The Morgan fingerprint density at radius 2 is 1.71 bits per heavy atom. The van der Waals surface area contributed by atoms with E-state index in [0.29, 0.717) is 17.4 Å². The Labute approximate surface area is 201 Å². The maximum atomic E-state index is 12.3. The Morgan fingerprint density at radius 3 is 2.35 bits per heavy atom. The molecule has 1 heterocycles. The molecule has 3 rings (SSSR count). The molecular formula is C23H20BrN3O7. The van der Waals surface area contributed by atoms with E-state index in [2.05, 4.69) is 21.2 Å². The summed E-state index contributed by atoms with van der Waals surface area (Å²) in [7, 11) is 0. The summed E-state index contributed by atoms with van der Waals surface area (Å²) in [6.45, 7) is -0.0524. The Bertz CT molecular complexity index is 1310. The van der Waals surface area contributed by atoms with Gasteiger partial charge >= 0.3 is 11.9 Å². The molecule has 0 unspecified atom stereocenters. The number of aromatic carboxylic acids is 2. The van der Waals surface area contributed by atoms with E-state index in [1.807, 2.05) is 35.3 Å². The first-order valence-corrected chi connectivity index (χ1v) is 10.7. The van der Waals surface area contributed by atoms with Gasteiger partial charge in [-0.1, -0.05) is 46.3 Å². The Balaban J connectivity index is 1.90. The van der Waals surface area contributed by atoms with Crippen molar-refractivity contribution >= 4 is 39.6 Å². The number of hydrogen-bond donors (Lipinski definition) is 5. The van der Waals surface area contributed by atoms with Gasteiger partial charge in [0.15, 0.2) is 6.61 Å². The summed E-state index contributed by atoms with van der Waals surface area (Å²) in [6, 6.07) is 13.9. The van der Waals surface area contributed by atoms with Crippen LogP contribution < -0.4 is 21.3 Å². The van der Waals surface area contributed by atoms with Gasteiger partial charge in [-0.05, 0) is 30.2 Å². The van der Waals surface area contributed by atoms with E-state index < -0.39 is 52.5 Å². The van der Waals surface area contributed by atoms with Crippen LogP contribution in [0.2, 0.25) is 0 Å². The van der Waals surface area contributed by atoms with Crippen molar-refractivity contribution in [2.45, 2.75) is 6.42 Å². The van der Waals surface area contributed by atoms with E-state index >= 15 is 0 Å². The average Bonchev–Trinajstić information content (AvgIpc) is 2.77. The average molecular weight is 530 g/mol. The van der Waals surface area contributed by atoms with Crippen molar-refractivity contribution in [3.8, 4) is 16.9 Å². The first-order valence-electron chi connectivity index (χ1n) is 9.94. The van der Waals surface area contributed by atoms with Crippen LogP contribution in [0.3, 0.4) is 0 Å². The van der Waals surface area contributed by atoms with Crippen molar-refractivity contribution in [1.29, 1.82) is 0 Å². The highest BCUT2D eigenvalue weighted by Crippen LogP contribution is 2.37. The van der Waals surface area contributed by atoms with Crippen LogP contribution in [0.4, 0.5) is 5.82 Å². The first kappa shape index (κ1) is 24.5. The van der Waals surface area contributed by atoms with Gasteiger partial charge < -0.3 is 31.0 Å². The number of anilines is 1. The molecule has 176 valence electrons. The van der Waals surface area contributed by atoms with Crippen LogP contribution in [0.5, 0.6) is 5.75 Å². The molecule has 1 amide bonds. The number of ether oxygens (including phenoxy) is 1. The van der Waals surface area contributed by atoms with E-state index in [-0.39, 0.29) is 11.3 Å². The van der Waals surface area contributed by atoms with Crippen molar-refractivity contribution in [1.82, 2.24) is 10.3 Å². The first-order chi connectivity index (χ1) is 16.2. The molecular weight excluding hydrogens is 510 g/mol. The van der Waals surface area contributed by atoms with Crippen molar-refractivity contribution in [3.05, 3.63) is 80.0 Å². The zero-order chi connectivity index (χ0) is 24.8. The number of halogens is 1. The second-order valence-corrected chi connectivity index (χ2v) is 8.03. The molecule has 0 fully saturated rings. The van der Waals surface area contributed by atoms with Gasteiger partial charge in [-0.25, -0.2) is 9.59 Å². The van der Waals surface area contributed by atoms with Gasteiger partial charge in [0.25, 0.3) is 11.5 Å². The predicted molar refractivity (Wildman–Crippen MR) is 127 cm³/mol. The lowest BCUT2D eigenvalue weighted by molar-refractivity contribution is -0.123. The summed E-state index contributed by atoms with van der Waals surface area (Å²) in [5.41, 5.74) is 3.79. The fourth-order valence-corrected chi connectivity index (χ4v) is 3.69. The summed E-state index contributed by atoms with van der Waals surface area (Å²) >= 11 is 3.24. The number of nitrogens with one attached hydrogen (secondary N) is 2. The fourth-order valence-electron chi connectivity index (χ4n) is 3.32. The molecule has 2 aromatic carbocycles. The van der Waals surface area contributed by atoms with Crippen LogP contribution >= 0.6 is 15.9 Å². The van der Waals surface area contributed by atoms with Crippen molar-refractivity contribution in [2.75, 3.05) is 18.9 Å². The number of carbonyl (C=O) groups excluding carboxylic acids is 1. The molecule has 34 heavy (non-hydrogen) atoms. The summed E-state index contributed by atoms with van der Waals surface area (Å²) in [5.74, 6) is -4.15. The number of carboxylic acids is 2. The van der Waals surface area contributed by atoms with Gasteiger partial charge in [0.05, 0.1) is 0 Å². The van der Waals surface area contributed by atoms with Crippen LogP contribution in [-0.4, -0.2) is 46.2 Å². The quantitative estimate of drug-likeness (QED) is 0.281. The van der Waals surface area contributed by atoms with Gasteiger partial charge in [0, 0.05) is 22.1 Å². The van der Waals surface area contributed by atoms with Crippen LogP contribution in [0.15, 0.2) is 57.8 Å². The molecule has 0 spiro atoms. The van der Waals surface area contributed by atoms with E-state index in [0.717, 1.165) is 5.56 Å². The molecule has 10 nitrogen and oxygen atoms in total. The number of H-pyrrole nitrogens is 1. The highest BCUT2D eigenvalue weighted by Gasteiger charge is 2.28. The minimum absolute atomic E-state index is 0.00332.